The Morgan fingerprint density at radius 1 is 1.19 bits per heavy atom. The van der Waals surface area contributed by atoms with E-state index in [1.54, 1.807) is 18.2 Å². The van der Waals surface area contributed by atoms with Gasteiger partial charge in [0.25, 0.3) is 0 Å². The molecule has 1 amide bonds. The number of carbonyl (C=O) groups is 1. The number of hydrogen-bond acceptors (Lipinski definition) is 5. The van der Waals surface area contributed by atoms with Crippen LogP contribution < -0.4 is 19.1 Å². The molecule has 2 aromatic rings. The van der Waals surface area contributed by atoms with Crippen LogP contribution in [0.4, 0.5) is 15.8 Å². The average molecular weight is 417 g/mol. The van der Waals surface area contributed by atoms with Gasteiger partial charge in [-0.3, -0.25) is 9.10 Å². The van der Waals surface area contributed by atoms with Crippen LogP contribution in [0.3, 0.4) is 0 Å². The number of carbonyl (C=O) groups excluding carboxylic acids is 1. The monoisotopic (exact) mass is 416 g/mol. The first-order valence-electron chi connectivity index (χ1n) is 7.60. The lowest BCUT2D eigenvalue weighted by Gasteiger charge is -2.22. The maximum atomic E-state index is 13.4. The van der Waals surface area contributed by atoms with Crippen molar-refractivity contribution < 1.29 is 27.1 Å². The molecule has 0 radical (unpaired) electrons. The Kier molecular flexibility index (Phi) is 6.50. The van der Waals surface area contributed by atoms with Crippen molar-refractivity contribution in [2.75, 3.05) is 36.6 Å². The molecule has 0 aliphatic rings. The van der Waals surface area contributed by atoms with Crippen molar-refractivity contribution in [1.82, 2.24) is 0 Å². The van der Waals surface area contributed by atoms with Gasteiger partial charge in [0.2, 0.25) is 15.9 Å². The van der Waals surface area contributed by atoms with Crippen LogP contribution in [0, 0.1) is 5.82 Å². The number of ether oxygens (including phenoxy) is 2. The number of amides is 1. The van der Waals surface area contributed by atoms with E-state index in [9.17, 15) is 17.6 Å². The topological polar surface area (TPSA) is 84.9 Å². The SMILES string of the molecule is COc1ccc(NC(=O)CN(c2ccc(F)c(Cl)c2)S(C)(=O)=O)c(OC)c1. The molecule has 0 aromatic heterocycles. The third kappa shape index (κ3) is 5.24. The summed E-state index contributed by atoms with van der Waals surface area (Å²) in [5, 5.41) is 2.33. The second kappa shape index (κ2) is 8.45. The van der Waals surface area contributed by atoms with Crippen LogP contribution in [0.5, 0.6) is 11.5 Å². The Morgan fingerprint density at radius 3 is 2.44 bits per heavy atom. The molecule has 0 spiro atoms. The summed E-state index contributed by atoms with van der Waals surface area (Å²) in [6.45, 7) is -0.532. The molecule has 10 heteroatoms. The van der Waals surface area contributed by atoms with Crippen molar-refractivity contribution in [3.05, 3.63) is 47.2 Å². The van der Waals surface area contributed by atoms with Crippen LogP contribution in [0.1, 0.15) is 0 Å². The number of anilines is 2. The third-order valence-corrected chi connectivity index (χ3v) is 4.99. The molecule has 1 N–H and O–H groups in total. The van der Waals surface area contributed by atoms with Crippen LogP contribution in [0.25, 0.3) is 0 Å². The van der Waals surface area contributed by atoms with Gasteiger partial charge in [0.15, 0.2) is 0 Å². The highest BCUT2D eigenvalue weighted by atomic mass is 35.5. The van der Waals surface area contributed by atoms with Gasteiger partial charge in [-0.1, -0.05) is 11.6 Å². The van der Waals surface area contributed by atoms with Gasteiger partial charge in [-0.05, 0) is 30.3 Å². The van der Waals surface area contributed by atoms with Gasteiger partial charge in [0.05, 0.1) is 36.9 Å². The van der Waals surface area contributed by atoms with E-state index in [0.29, 0.717) is 17.2 Å². The fourth-order valence-corrected chi connectivity index (χ4v) is 3.29. The van der Waals surface area contributed by atoms with Crippen molar-refractivity contribution in [2.24, 2.45) is 0 Å². The van der Waals surface area contributed by atoms with Crippen LogP contribution >= 0.6 is 11.6 Å². The van der Waals surface area contributed by atoms with Crippen LogP contribution in [0.2, 0.25) is 5.02 Å². The number of methoxy groups -OCH3 is 2. The summed E-state index contributed by atoms with van der Waals surface area (Å²) in [5.74, 6) is -0.437. The lowest BCUT2D eigenvalue weighted by molar-refractivity contribution is -0.114. The zero-order chi connectivity index (χ0) is 20.2. The highest BCUT2D eigenvalue weighted by molar-refractivity contribution is 7.92. The van der Waals surface area contributed by atoms with Gasteiger partial charge in [-0.2, -0.15) is 0 Å². The molecule has 27 heavy (non-hydrogen) atoms. The normalized spacial score (nSPS) is 11.0. The number of rotatable bonds is 7. The van der Waals surface area contributed by atoms with Crippen molar-refractivity contribution in [3.63, 3.8) is 0 Å². The third-order valence-electron chi connectivity index (χ3n) is 3.56. The number of nitrogens with zero attached hydrogens (tertiary/aromatic N) is 1. The van der Waals surface area contributed by atoms with Gasteiger partial charge in [0, 0.05) is 6.07 Å². The minimum absolute atomic E-state index is 0.0701. The molecule has 0 fully saturated rings. The number of benzene rings is 2. The molecule has 0 saturated carbocycles. The summed E-state index contributed by atoms with van der Waals surface area (Å²) in [4.78, 5) is 12.4. The molecule has 2 rings (SSSR count). The first-order chi connectivity index (χ1) is 12.7. The number of nitrogens with one attached hydrogen (secondary N) is 1. The second-order valence-corrected chi connectivity index (χ2v) is 7.80. The Balaban J connectivity index is 2.26. The quantitative estimate of drug-likeness (QED) is 0.750. The molecule has 0 aliphatic carbocycles. The van der Waals surface area contributed by atoms with E-state index in [-0.39, 0.29) is 10.7 Å². The Labute approximate surface area is 161 Å². The van der Waals surface area contributed by atoms with E-state index in [1.807, 2.05) is 0 Å². The van der Waals surface area contributed by atoms with E-state index in [1.165, 1.54) is 20.3 Å². The maximum absolute atomic E-state index is 13.4. The van der Waals surface area contributed by atoms with Crippen molar-refractivity contribution in [2.45, 2.75) is 0 Å². The largest absolute Gasteiger partial charge is 0.497 e. The molecule has 0 heterocycles. The summed E-state index contributed by atoms with van der Waals surface area (Å²) >= 11 is 5.72. The summed E-state index contributed by atoms with van der Waals surface area (Å²) in [7, 11) is -0.906. The van der Waals surface area contributed by atoms with Gasteiger partial charge >= 0.3 is 0 Å². The van der Waals surface area contributed by atoms with Crippen molar-refractivity contribution in [3.8, 4) is 11.5 Å². The highest BCUT2D eigenvalue weighted by Gasteiger charge is 2.22. The smallest absolute Gasteiger partial charge is 0.245 e. The first-order valence-corrected chi connectivity index (χ1v) is 9.83. The molecular formula is C17H18ClFN2O5S. The molecule has 0 bridgehead atoms. The summed E-state index contributed by atoms with van der Waals surface area (Å²) < 4.78 is 48.6. The fraction of sp³-hybridized carbons (Fsp3) is 0.235. The molecule has 0 atom stereocenters. The first kappa shape index (κ1) is 20.8. The van der Waals surface area contributed by atoms with Gasteiger partial charge in [-0.15, -0.1) is 0 Å². The van der Waals surface area contributed by atoms with E-state index in [4.69, 9.17) is 21.1 Å². The minimum atomic E-state index is -3.82. The Morgan fingerprint density at radius 2 is 1.89 bits per heavy atom. The average Bonchev–Trinajstić information content (AvgIpc) is 2.61. The van der Waals surface area contributed by atoms with Gasteiger partial charge in [0.1, 0.15) is 23.9 Å². The van der Waals surface area contributed by atoms with E-state index >= 15 is 0 Å². The molecule has 146 valence electrons. The lowest BCUT2D eigenvalue weighted by atomic mass is 10.2. The molecule has 0 saturated heterocycles. The van der Waals surface area contributed by atoms with Crippen molar-refractivity contribution >= 4 is 38.9 Å². The molecule has 0 unspecified atom stereocenters. The number of halogens is 2. The lowest BCUT2D eigenvalue weighted by Crippen LogP contribution is -2.37. The van der Waals surface area contributed by atoms with Crippen LogP contribution in [0.15, 0.2) is 36.4 Å². The van der Waals surface area contributed by atoms with E-state index in [2.05, 4.69) is 5.32 Å². The second-order valence-electron chi connectivity index (χ2n) is 5.48. The standard InChI is InChI=1S/C17H18ClFN2O5S/c1-25-12-5-7-15(16(9-12)26-2)20-17(22)10-21(27(3,23)24)11-4-6-14(19)13(18)8-11/h4-9H,10H2,1-3H3,(H,20,22). The van der Waals surface area contributed by atoms with Crippen LogP contribution in [-0.4, -0.2) is 41.3 Å². The fourth-order valence-electron chi connectivity index (χ4n) is 2.26. The number of hydrogen-bond donors (Lipinski definition) is 1. The predicted molar refractivity (Wildman–Crippen MR) is 102 cm³/mol. The molecule has 0 aliphatic heterocycles. The van der Waals surface area contributed by atoms with Gasteiger partial charge in [-0.25, -0.2) is 12.8 Å². The van der Waals surface area contributed by atoms with E-state index < -0.39 is 28.3 Å². The zero-order valence-electron chi connectivity index (χ0n) is 14.8. The molecule has 2 aromatic carbocycles. The number of sulfonamides is 1. The molecular weight excluding hydrogens is 399 g/mol. The minimum Gasteiger partial charge on any atom is -0.497 e. The predicted octanol–water partition coefficient (Wildman–Crippen LogP) is 2.90. The highest BCUT2D eigenvalue weighted by Crippen LogP contribution is 2.29. The Hall–Kier alpha value is -2.52. The molecule has 7 nitrogen and oxygen atoms in total. The summed E-state index contributed by atoms with van der Waals surface area (Å²) in [6, 6.07) is 8.15. The maximum Gasteiger partial charge on any atom is 0.245 e. The van der Waals surface area contributed by atoms with E-state index in [0.717, 1.165) is 22.7 Å². The summed E-state index contributed by atoms with van der Waals surface area (Å²) in [5.41, 5.74) is 0.412. The summed E-state index contributed by atoms with van der Waals surface area (Å²) in [6.07, 6.45) is 0.936. The Bertz CT molecular complexity index is 952. The van der Waals surface area contributed by atoms with Gasteiger partial charge < -0.3 is 14.8 Å². The van der Waals surface area contributed by atoms with Crippen LogP contribution in [-0.2, 0) is 14.8 Å². The van der Waals surface area contributed by atoms with Crippen molar-refractivity contribution in [1.29, 1.82) is 0 Å². The zero-order valence-corrected chi connectivity index (χ0v) is 16.4.